The van der Waals surface area contributed by atoms with Gasteiger partial charge < -0.3 is 15.5 Å². The van der Waals surface area contributed by atoms with Crippen LogP contribution in [0.5, 0.6) is 0 Å². The molecule has 0 bridgehead atoms. The van der Waals surface area contributed by atoms with Crippen LogP contribution in [0.3, 0.4) is 0 Å². The predicted molar refractivity (Wildman–Crippen MR) is 111 cm³/mol. The van der Waals surface area contributed by atoms with Gasteiger partial charge in [0, 0.05) is 20.0 Å². The zero-order valence-corrected chi connectivity index (χ0v) is 16.9. The van der Waals surface area contributed by atoms with Crippen LogP contribution in [0.25, 0.3) is 5.69 Å². The maximum absolute atomic E-state index is 12.8. The quantitative estimate of drug-likeness (QED) is 0.477. The summed E-state index contributed by atoms with van der Waals surface area (Å²) in [6, 6.07) is 9.60. The third-order valence-corrected chi connectivity index (χ3v) is 5.03. The van der Waals surface area contributed by atoms with E-state index in [1.807, 2.05) is 49.0 Å². The molecule has 0 radical (unpaired) electrons. The Labute approximate surface area is 160 Å². The number of anilines is 1. The number of nitrogens with one attached hydrogen (secondary N) is 3. The van der Waals surface area contributed by atoms with Gasteiger partial charge in [0.1, 0.15) is 5.69 Å². The average Bonchev–Trinajstić information content (AvgIpc) is 2.86. The number of para-hydroxylation sites is 1. The van der Waals surface area contributed by atoms with Crippen LogP contribution in [-0.2, 0) is 7.05 Å². The van der Waals surface area contributed by atoms with E-state index in [2.05, 4.69) is 24.5 Å². The fourth-order valence-electron chi connectivity index (χ4n) is 3.01. The Kier molecular flexibility index (Phi) is 7.41. The van der Waals surface area contributed by atoms with Crippen molar-refractivity contribution in [3.8, 4) is 5.69 Å². The third-order valence-electron chi connectivity index (χ3n) is 4.79. The molecule has 0 saturated carbocycles. The van der Waals surface area contributed by atoms with Gasteiger partial charge >= 0.3 is 0 Å². The highest BCUT2D eigenvalue weighted by molar-refractivity contribution is 7.80. The summed E-state index contributed by atoms with van der Waals surface area (Å²) in [5, 5.41) is 6.78. The van der Waals surface area contributed by atoms with Gasteiger partial charge in [0.05, 0.1) is 31.0 Å². The Bertz CT molecular complexity index is 777. The van der Waals surface area contributed by atoms with Crippen LogP contribution in [-0.4, -0.2) is 40.7 Å². The van der Waals surface area contributed by atoms with Gasteiger partial charge in [0.25, 0.3) is 5.56 Å². The second-order valence-corrected chi connectivity index (χ2v) is 6.79. The maximum atomic E-state index is 12.8. The summed E-state index contributed by atoms with van der Waals surface area (Å²) in [6.45, 7) is 10.5. The molecule has 0 fully saturated rings. The van der Waals surface area contributed by atoms with Crippen LogP contribution in [0.1, 0.15) is 26.0 Å². The molecule has 0 amide bonds. The number of thiocarbonyl (C=S) groups is 1. The standard InChI is InChI=1S/C19H29N5OS/c1-5-23(6-2)14-10-13-20-19(26)21-17-15(3)22(4)24(18(17)25)16-11-8-7-9-12-16/h7-9,11-12H,5-6,10,13-14H2,1-4H3,(H2,20,21,26)/p+1. The van der Waals surface area contributed by atoms with E-state index in [1.165, 1.54) is 0 Å². The summed E-state index contributed by atoms with van der Waals surface area (Å²) < 4.78 is 3.48. The lowest BCUT2D eigenvalue weighted by Crippen LogP contribution is -3.11. The van der Waals surface area contributed by atoms with Crippen LogP contribution in [0.15, 0.2) is 35.1 Å². The third kappa shape index (κ3) is 4.74. The Morgan fingerprint density at radius 3 is 2.46 bits per heavy atom. The zero-order valence-electron chi connectivity index (χ0n) is 16.1. The number of hydrogen-bond acceptors (Lipinski definition) is 2. The summed E-state index contributed by atoms with van der Waals surface area (Å²) in [5.41, 5.74) is 2.09. The van der Waals surface area contributed by atoms with E-state index in [0.29, 0.717) is 10.8 Å². The van der Waals surface area contributed by atoms with E-state index in [9.17, 15) is 4.79 Å². The molecule has 7 heteroatoms. The number of hydrogen-bond donors (Lipinski definition) is 3. The molecule has 1 aromatic heterocycles. The van der Waals surface area contributed by atoms with Gasteiger partial charge in [-0.05, 0) is 45.1 Å². The van der Waals surface area contributed by atoms with E-state index >= 15 is 0 Å². The highest BCUT2D eigenvalue weighted by atomic mass is 32.1. The summed E-state index contributed by atoms with van der Waals surface area (Å²) in [6.07, 6.45) is 1.04. The summed E-state index contributed by atoms with van der Waals surface area (Å²) >= 11 is 5.37. The van der Waals surface area contributed by atoms with Crippen molar-refractivity contribution in [2.45, 2.75) is 27.2 Å². The Balaban J connectivity index is 2.02. The van der Waals surface area contributed by atoms with Gasteiger partial charge in [-0.1, -0.05) is 18.2 Å². The van der Waals surface area contributed by atoms with Crippen molar-refractivity contribution in [3.63, 3.8) is 0 Å². The normalized spacial score (nSPS) is 11.0. The topological polar surface area (TPSA) is 55.4 Å². The van der Waals surface area contributed by atoms with Crippen LogP contribution in [0.2, 0.25) is 0 Å². The smallest absolute Gasteiger partial charge is 0.295 e. The number of quaternary nitrogens is 1. The van der Waals surface area contributed by atoms with Crippen LogP contribution >= 0.6 is 12.2 Å². The first-order valence-corrected chi connectivity index (χ1v) is 9.62. The largest absolute Gasteiger partial charge is 0.362 e. The van der Waals surface area contributed by atoms with Crippen LogP contribution < -0.4 is 21.1 Å². The van der Waals surface area contributed by atoms with Gasteiger partial charge in [-0.2, -0.15) is 0 Å². The van der Waals surface area contributed by atoms with E-state index in [4.69, 9.17) is 12.2 Å². The number of aromatic nitrogens is 2. The maximum Gasteiger partial charge on any atom is 0.295 e. The number of rotatable bonds is 8. The minimum absolute atomic E-state index is 0.104. The van der Waals surface area contributed by atoms with Crippen molar-refractivity contribution in [1.82, 2.24) is 14.7 Å². The van der Waals surface area contributed by atoms with Gasteiger partial charge in [0.15, 0.2) is 5.11 Å². The first-order valence-electron chi connectivity index (χ1n) is 9.22. The first kappa shape index (κ1) is 20.2. The molecule has 1 heterocycles. The average molecular weight is 377 g/mol. The fraction of sp³-hybridized carbons (Fsp3) is 0.474. The molecule has 0 spiro atoms. The highest BCUT2D eigenvalue weighted by Gasteiger charge is 2.16. The second kappa shape index (κ2) is 9.54. The zero-order chi connectivity index (χ0) is 19.1. The molecule has 26 heavy (non-hydrogen) atoms. The van der Waals surface area contributed by atoms with Crippen molar-refractivity contribution in [3.05, 3.63) is 46.4 Å². The van der Waals surface area contributed by atoms with E-state index in [-0.39, 0.29) is 5.56 Å². The van der Waals surface area contributed by atoms with Crippen molar-refractivity contribution in [2.24, 2.45) is 7.05 Å². The van der Waals surface area contributed by atoms with E-state index < -0.39 is 0 Å². The monoisotopic (exact) mass is 376 g/mol. The molecule has 2 aromatic rings. The summed E-state index contributed by atoms with van der Waals surface area (Å²) in [5.74, 6) is 0. The van der Waals surface area contributed by atoms with Gasteiger partial charge in [-0.25, -0.2) is 4.68 Å². The molecule has 2 rings (SSSR count). The molecular weight excluding hydrogens is 346 g/mol. The molecule has 0 aliphatic carbocycles. The van der Waals surface area contributed by atoms with E-state index in [0.717, 1.165) is 44.0 Å². The molecule has 0 unspecified atom stereocenters. The molecule has 1 aromatic carbocycles. The highest BCUT2D eigenvalue weighted by Crippen LogP contribution is 2.13. The Morgan fingerprint density at radius 1 is 1.19 bits per heavy atom. The van der Waals surface area contributed by atoms with Gasteiger partial charge in [-0.15, -0.1) is 0 Å². The van der Waals surface area contributed by atoms with Crippen LogP contribution in [0.4, 0.5) is 5.69 Å². The Hall–Kier alpha value is -2.12. The molecule has 0 aliphatic heterocycles. The van der Waals surface area contributed by atoms with Crippen molar-refractivity contribution in [1.29, 1.82) is 0 Å². The minimum atomic E-state index is -0.104. The summed E-state index contributed by atoms with van der Waals surface area (Å²) in [7, 11) is 1.87. The summed E-state index contributed by atoms with van der Waals surface area (Å²) in [4.78, 5) is 14.4. The lowest BCUT2D eigenvalue weighted by atomic mass is 10.3. The lowest BCUT2D eigenvalue weighted by molar-refractivity contribution is -0.896. The molecular formula is C19H30N5OS+. The van der Waals surface area contributed by atoms with Crippen molar-refractivity contribution < 1.29 is 4.90 Å². The lowest BCUT2D eigenvalue weighted by Gasteiger charge is -2.15. The molecule has 0 saturated heterocycles. The van der Waals surface area contributed by atoms with E-state index in [1.54, 1.807) is 9.58 Å². The van der Waals surface area contributed by atoms with Gasteiger partial charge in [0.2, 0.25) is 0 Å². The number of nitrogens with zero attached hydrogens (tertiary/aromatic N) is 2. The van der Waals surface area contributed by atoms with Gasteiger partial charge in [-0.3, -0.25) is 9.48 Å². The van der Waals surface area contributed by atoms with Crippen LogP contribution in [0, 0.1) is 6.92 Å². The first-order chi connectivity index (χ1) is 12.5. The fourth-order valence-corrected chi connectivity index (χ4v) is 3.22. The Morgan fingerprint density at radius 2 is 1.85 bits per heavy atom. The van der Waals surface area contributed by atoms with Crippen molar-refractivity contribution >= 4 is 23.0 Å². The SMILES string of the molecule is CC[NH+](CC)CCCNC(=S)Nc1c(C)n(C)n(-c2ccccc2)c1=O. The number of benzene rings is 1. The minimum Gasteiger partial charge on any atom is -0.362 e. The molecule has 0 aliphatic rings. The molecule has 6 nitrogen and oxygen atoms in total. The molecule has 3 N–H and O–H groups in total. The molecule has 0 atom stereocenters. The molecule has 142 valence electrons. The van der Waals surface area contributed by atoms with Crippen molar-refractivity contribution in [2.75, 3.05) is 31.5 Å². The predicted octanol–water partition coefficient (Wildman–Crippen LogP) is 1.09. The second-order valence-electron chi connectivity index (χ2n) is 6.38.